The van der Waals surface area contributed by atoms with Gasteiger partial charge in [0.1, 0.15) is 5.60 Å². The van der Waals surface area contributed by atoms with E-state index in [1.807, 2.05) is 0 Å². The van der Waals surface area contributed by atoms with Gasteiger partial charge in [-0.1, -0.05) is 89.0 Å². The van der Waals surface area contributed by atoms with Crippen LogP contribution >= 0.6 is 0 Å². The zero-order chi connectivity index (χ0) is 20.9. The number of benzene rings is 3. The van der Waals surface area contributed by atoms with Gasteiger partial charge in [-0.15, -0.1) is 0 Å². The smallest absolute Gasteiger partial charge is 0.402 e. The van der Waals surface area contributed by atoms with Gasteiger partial charge in [0.2, 0.25) is 0 Å². The van der Waals surface area contributed by atoms with Gasteiger partial charge in [0, 0.05) is 6.04 Å². The largest absolute Gasteiger partial charge is 0.419 e. The van der Waals surface area contributed by atoms with Crippen LogP contribution in [0.5, 0.6) is 0 Å². The molecular weight excluding hydrogens is 365 g/mol. The van der Waals surface area contributed by atoms with Crippen molar-refractivity contribution in [1.29, 1.82) is 0 Å². The third-order valence-electron chi connectivity index (χ3n) is 6.75. The van der Waals surface area contributed by atoms with Gasteiger partial charge in [0.05, 0.1) is 0 Å². The molecule has 0 aliphatic carbocycles. The molecule has 5 rings (SSSR count). The van der Waals surface area contributed by atoms with Gasteiger partial charge in [-0.05, 0) is 63.7 Å². The molecule has 0 amide bonds. The topological polar surface area (TPSA) is 12.5 Å². The summed E-state index contributed by atoms with van der Waals surface area (Å²) in [4.78, 5) is 2.60. The lowest BCUT2D eigenvalue weighted by molar-refractivity contribution is 0.106. The summed E-state index contributed by atoms with van der Waals surface area (Å²) >= 11 is 0. The lowest BCUT2D eigenvalue weighted by atomic mass is 9.72. The predicted molar refractivity (Wildman–Crippen MR) is 125 cm³/mol. The Morgan fingerprint density at radius 1 is 0.800 bits per heavy atom. The summed E-state index contributed by atoms with van der Waals surface area (Å²) < 4.78 is 7.22. The molecule has 0 saturated carbocycles. The summed E-state index contributed by atoms with van der Waals surface area (Å²) in [6.07, 6.45) is 2.37. The first kappa shape index (κ1) is 19.6. The van der Waals surface area contributed by atoms with E-state index in [9.17, 15) is 0 Å². The maximum Gasteiger partial charge on any atom is 0.419 e. The van der Waals surface area contributed by atoms with Crippen LogP contribution in [0, 0.1) is 27.7 Å². The molecule has 3 heteroatoms. The molecule has 3 aromatic rings. The number of aryl methyl sites for hydroxylation is 4. The first-order valence-electron chi connectivity index (χ1n) is 11.1. The van der Waals surface area contributed by atoms with E-state index < -0.39 is 5.60 Å². The maximum absolute atomic E-state index is 7.22. The molecule has 1 atom stereocenters. The SMILES string of the molecule is Cc1cc(C)cc(C2(c3cc(C)cc(C)c3)OB(c3ccccc3)N3CCC[C@H]32)c1. The van der Waals surface area contributed by atoms with Crippen molar-refractivity contribution in [2.45, 2.75) is 52.2 Å². The number of hydrogen-bond donors (Lipinski definition) is 0. The van der Waals surface area contributed by atoms with Crippen molar-refractivity contribution in [3.8, 4) is 0 Å². The Kier molecular flexibility index (Phi) is 4.84. The summed E-state index contributed by atoms with van der Waals surface area (Å²) in [6.45, 7) is 9.87. The van der Waals surface area contributed by atoms with Crippen LogP contribution in [-0.2, 0) is 10.3 Å². The monoisotopic (exact) mass is 395 g/mol. The van der Waals surface area contributed by atoms with Crippen molar-refractivity contribution in [2.75, 3.05) is 6.54 Å². The van der Waals surface area contributed by atoms with Crippen LogP contribution in [-0.4, -0.2) is 24.4 Å². The molecule has 2 aliphatic rings. The van der Waals surface area contributed by atoms with Gasteiger partial charge < -0.3 is 9.47 Å². The van der Waals surface area contributed by atoms with E-state index in [1.54, 1.807) is 0 Å². The van der Waals surface area contributed by atoms with E-state index in [1.165, 1.54) is 45.3 Å². The lowest BCUT2D eigenvalue weighted by Gasteiger charge is -2.37. The highest BCUT2D eigenvalue weighted by atomic mass is 16.5. The van der Waals surface area contributed by atoms with Crippen molar-refractivity contribution in [1.82, 2.24) is 4.81 Å². The molecule has 2 aliphatic heterocycles. The van der Waals surface area contributed by atoms with Crippen molar-refractivity contribution < 1.29 is 4.65 Å². The summed E-state index contributed by atoms with van der Waals surface area (Å²) in [5.41, 5.74) is 8.57. The second-order valence-electron chi connectivity index (χ2n) is 9.27. The summed E-state index contributed by atoms with van der Waals surface area (Å²) in [6, 6.07) is 25.0. The van der Waals surface area contributed by atoms with E-state index in [0.29, 0.717) is 6.04 Å². The Hall–Kier alpha value is -2.36. The molecule has 0 radical (unpaired) electrons. The van der Waals surface area contributed by atoms with Gasteiger partial charge >= 0.3 is 7.05 Å². The van der Waals surface area contributed by atoms with Crippen LogP contribution in [0.3, 0.4) is 0 Å². The number of nitrogens with zero attached hydrogens (tertiary/aromatic N) is 1. The first-order chi connectivity index (χ1) is 14.5. The molecule has 0 bridgehead atoms. The minimum Gasteiger partial charge on any atom is -0.402 e. The first-order valence-corrected chi connectivity index (χ1v) is 11.1. The number of fused-ring (bicyclic) bond motifs is 1. The number of rotatable bonds is 3. The summed E-state index contributed by atoms with van der Waals surface area (Å²) in [5, 5.41) is 0. The van der Waals surface area contributed by atoms with Crippen molar-refractivity contribution in [3.05, 3.63) is 100 Å². The van der Waals surface area contributed by atoms with E-state index in [4.69, 9.17) is 4.65 Å². The number of hydrogen-bond acceptors (Lipinski definition) is 2. The Bertz CT molecular complexity index is 985. The Labute approximate surface area is 181 Å². The minimum atomic E-state index is -0.454. The van der Waals surface area contributed by atoms with E-state index in [0.717, 1.165) is 13.0 Å². The second kappa shape index (κ2) is 7.41. The van der Waals surface area contributed by atoms with Crippen LogP contribution in [0.2, 0.25) is 0 Å². The van der Waals surface area contributed by atoms with Crippen LogP contribution in [0.1, 0.15) is 46.2 Å². The molecule has 0 aromatic heterocycles. The van der Waals surface area contributed by atoms with Crippen LogP contribution in [0.15, 0.2) is 66.7 Å². The van der Waals surface area contributed by atoms with Gasteiger partial charge in [0.25, 0.3) is 0 Å². The molecule has 0 spiro atoms. The molecule has 2 fully saturated rings. The fraction of sp³-hybridized carbons (Fsp3) is 0.333. The van der Waals surface area contributed by atoms with E-state index >= 15 is 0 Å². The molecule has 152 valence electrons. The van der Waals surface area contributed by atoms with Crippen LogP contribution in [0.25, 0.3) is 0 Å². The van der Waals surface area contributed by atoms with Gasteiger partial charge in [-0.2, -0.15) is 0 Å². The van der Waals surface area contributed by atoms with Gasteiger partial charge in [0.15, 0.2) is 0 Å². The fourth-order valence-corrected chi connectivity index (χ4v) is 5.77. The van der Waals surface area contributed by atoms with Crippen molar-refractivity contribution in [2.24, 2.45) is 0 Å². The second-order valence-corrected chi connectivity index (χ2v) is 9.27. The Morgan fingerprint density at radius 2 is 1.33 bits per heavy atom. The normalized spacial score (nSPS) is 20.5. The average Bonchev–Trinajstić information content (AvgIpc) is 3.29. The highest BCUT2D eigenvalue weighted by Crippen LogP contribution is 2.49. The predicted octanol–water partition coefficient (Wildman–Crippen LogP) is 5.05. The molecule has 0 N–H and O–H groups in total. The molecular formula is C27H30BNO. The van der Waals surface area contributed by atoms with Crippen molar-refractivity contribution >= 4 is 12.5 Å². The third-order valence-corrected chi connectivity index (χ3v) is 6.75. The molecule has 30 heavy (non-hydrogen) atoms. The quantitative estimate of drug-likeness (QED) is 0.576. The van der Waals surface area contributed by atoms with Crippen LogP contribution in [0.4, 0.5) is 0 Å². The molecule has 2 saturated heterocycles. The molecule has 2 heterocycles. The fourth-order valence-electron chi connectivity index (χ4n) is 5.77. The van der Waals surface area contributed by atoms with Crippen LogP contribution < -0.4 is 5.46 Å². The summed E-state index contributed by atoms with van der Waals surface area (Å²) in [7, 11) is -0.0136. The highest BCUT2D eigenvalue weighted by molar-refractivity contribution is 6.65. The third kappa shape index (κ3) is 3.12. The van der Waals surface area contributed by atoms with E-state index in [2.05, 4.69) is 99.2 Å². The Balaban J connectivity index is 1.76. The molecule has 3 aromatic carbocycles. The Morgan fingerprint density at radius 3 is 1.87 bits per heavy atom. The zero-order valence-electron chi connectivity index (χ0n) is 18.5. The lowest BCUT2D eigenvalue weighted by Crippen LogP contribution is -2.45. The highest BCUT2D eigenvalue weighted by Gasteiger charge is 2.59. The average molecular weight is 395 g/mol. The zero-order valence-corrected chi connectivity index (χ0v) is 18.5. The van der Waals surface area contributed by atoms with Gasteiger partial charge in [-0.25, -0.2) is 0 Å². The van der Waals surface area contributed by atoms with Crippen molar-refractivity contribution in [3.63, 3.8) is 0 Å². The minimum absolute atomic E-state index is 0.0136. The molecule has 0 unspecified atom stereocenters. The van der Waals surface area contributed by atoms with E-state index in [-0.39, 0.29) is 7.05 Å². The standard InChI is InChI=1S/C27H30BNO/c1-19-13-20(2)16-23(15-19)27(24-17-21(3)14-22(4)18-24)26-11-8-12-29(26)28(30-27)25-9-6-5-7-10-25/h5-7,9-10,13-18,26H,8,11-12H2,1-4H3/t26-/m0/s1. The summed E-state index contributed by atoms with van der Waals surface area (Å²) in [5.74, 6) is 0. The van der Waals surface area contributed by atoms with Gasteiger partial charge in [-0.3, -0.25) is 0 Å². The maximum atomic E-state index is 7.22. The molecule has 2 nitrogen and oxygen atoms in total.